The van der Waals surface area contributed by atoms with Crippen LogP contribution in [0.15, 0.2) is 72.8 Å². The van der Waals surface area contributed by atoms with Crippen LogP contribution in [-0.4, -0.2) is 29.6 Å². The zero-order valence-electron chi connectivity index (χ0n) is 20.0. The summed E-state index contributed by atoms with van der Waals surface area (Å²) >= 11 is 5.12. The summed E-state index contributed by atoms with van der Waals surface area (Å²) in [5, 5.41) is 2.49. The minimum Gasteiger partial charge on any atom is -0.493 e. The summed E-state index contributed by atoms with van der Waals surface area (Å²) in [6, 6.07) is 22.4. The molecule has 0 aromatic heterocycles. The SMILES string of the molecule is Cc1ccc(OC(C)C(=O)NNC(=S)NC(=O)c2cccc(OCCc3ccccc3)c2)cc1C. The Morgan fingerprint density at radius 3 is 2.40 bits per heavy atom. The number of hydrogen-bond acceptors (Lipinski definition) is 5. The smallest absolute Gasteiger partial charge is 0.279 e. The Morgan fingerprint density at radius 1 is 0.886 bits per heavy atom. The van der Waals surface area contributed by atoms with Gasteiger partial charge in [-0.05, 0) is 80.0 Å². The average Bonchev–Trinajstić information content (AvgIpc) is 2.85. The highest BCUT2D eigenvalue weighted by Gasteiger charge is 2.16. The molecule has 3 aromatic carbocycles. The molecule has 182 valence electrons. The van der Waals surface area contributed by atoms with Gasteiger partial charge in [-0.3, -0.25) is 25.8 Å². The molecule has 0 bridgehead atoms. The number of aryl methyl sites for hydroxylation is 2. The maximum Gasteiger partial charge on any atom is 0.279 e. The Labute approximate surface area is 210 Å². The molecule has 0 aliphatic carbocycles. The fraction of sp³-hybridized carbons (Fsp3) is 0.222. The van der Waals surface area contributed by atoms with Gasteiger partial charge < -0.3 is 9.47 Å². The number of ether oxygens (including phenoxy) is 2. The van der Waals surface area contributed by atoms with Crippen molar-refractivity contribution < 1.29 is 19.1 Å². The zero-order valence-corrected chi connectivity index (χ0v) is 20.8. The van der Waals surface area contributed by atoms with E-state index in [0.717, 1.165) is 17.5 Å². The Hall–Kier alpha value is -3.91. The number of carbonyl (C=O) groups excluding carboxylic acids is 2. The van der Waals surface area contributed by atoms with Crippen LogP contribution in [0, 0.1) is 13.8 Å². The van der Waals surface area contributed by atoms with Crippen LogP contribution in [-0.2, 0) is 11.2 Å². The van der Waals surface area contributed by atoms with Gasteiger partial charge >= 0.3 is 0 Å². The molecule has 0 aliphatic rings. The zero-order chi connectivity index (χ0) is 25.2. The van der Waals surface area contributed by atoms with Gasteiger partial charge in [0.2, 0.25) is 0 Å². The first-order chi connectivity index (χ1) is 16.8. The molecule has 0 fully saturated rings. The first-order valence-corrected chi connectivity index (χ1v) is 11.6. The summed E-state index contributed by atoms with van der Waals surface area (Å²) < 4.78 is 11.4. The average molecular weight is 492 g/mol. The van der Waals surface area contributed by atoms with E-state index in [1.807, 2.05) is 62.4 Å². The summed E-state index contributed by atoms with van der Waals surface area (Å²) in [5.41, 5.74) is 8.74. The van der Waals surface area contributed by atoms with Gasteiger partial charge in [0.05, 0.1) is 6.61 Å². The van der Waals surface area contributed by atoms with Crippen LogP contribution >= 0.6 is 12.2 Å². The van der Waals surface area contributed by atoms with Crippen molar-refractivity contribution >= 4 is 29.1 Å². The molecule has 0 spiro atoms. The Kier molecular flexibility index (Phi) is 9.20. The molecule has 7 nitrogen and oxygen atoms in total. The lowest BCUT2D eigenvalue weighted by atomic mass is 10.1. The van der Waals surface area contributed by atoms with Crippen molar-refractivity contribution in [1.82, 2.24) is 16.2 Å². The summed E-state index contributed by atoms with van der Waals surface area (Å²) in [6.45, 7) is 6.09. The maximum absolute atomic E-state index is 12.6. The van der Waals surface area contributed by atoms with Crippen molar-refractivity contribution in [2.45, 2.75) is 33.3 Å². The number of hydrogen-bond donors (Lipinski definition) is 3. The predicted molar refractivity (Wildman–Crippen MR) is 139 cm³/mol. The maximum atomic E-state index is 12.6. The van der Waals surface area contributed by atoms with Crippen molar-refractivity contribution in [2.75, 3.05) is 6.61 Å². The molecule has 1 atom stereocenters. The lowest BCUT2D eigenvalue weighted by Crippen LogP contribution is -2.51. The second kappa shape index (κ2) is 12.5. The third kappa shape index (κ3) is 8.12. The predicted octanol–water partition coefficient (Wildman–Crippen LogP) is 4.03. The molecule has 0 heterocycles. The third-order valence-electron chi connectivity index (χ3n) is 5.29. The van der Waals surface area contributed by atoms with Crippen molar-refractivity contribution in [1.29, 1.82) is 0 Å². The molecule has 3 N–H and O–H groups in total. The van der Waals surface area contributed by atoms with Crippen LogP contribution in [0.2, 0.25) is 0 Å². The third-order valence-corrected chi connectivity index (χ3v) is 5.49. The van der Waals surface area contributed by atoms with E-state index in [2.05, 4.69) is 16.2 Å². The van der Waals surface area contributed by atoms with E-state index in [1.54, 1.807) is 31.2 Å². The van der Waals surface area contributed by atoms with Gasteiger partial charge in [-0.15, -0.1) is 0 Å². The minimum absolute atomic E-state index is 0.0443. The van der Waals surface area contributed by atoms with Gasteiger partial charge in [0.25, 0.3) is 11.8 Å². The summed E-state index contributed by atoms with van der Waals surface area (Å²) in [4.78, 5) is 24.9. The van der Waals surface area contributed by atoms with Crippen LogP contribution in [0.25, 0.3) is 0 Å². The molecule has 35 heavy (non-hydrogen) atoms. The van der Waals surface area contributed by atoms with E-state index < -0.39 is 17.9 Å². The fourth-order valence-electron chi connectivity index (χ4n) is 3.13. The monoisotopic (exact) mass is 491 g/mol. The van der Waals surface area contributed by atoms with Crippen LogP contribution in [0.4, 0.5) is 0 Å². The summed E-state index contributed by atoms with van der Waals surface area (Å²) in [7, 11) is 0. The van der Waals surface area contributed by atoms with Gasteiger partial charge in [0, 0.05) is 12.0 Å². The van der Waals surface area contributed by atoms with Gasteiger partial charge in [0.1, 0.15) is 11.5 Å². The van der Waals surface area contributed by atoms with Crippen molar-refractivity contribution in [3.63, 3.8) is 0 Å². The van der Waals surface area contributed by atoms with Gasteiger partial charge in [-0.2, -0.15) is 0 Å². The standard InChI is InChI=1S/C27H29N3O4S/c1-18-12-13-24(16-19(18)2)34-20(3)25(31)29-30-27(35)28-26(32)22-10-7-11-23(17-22)33-15-14-21-8-5-4-6-9-21/h4-13,16-17,20H,14-15H2,1-3H3,(H,29,31)(H2,28,30,32,35). The van der Waals surface area contributed by atoms with Gasteiger partial charge in [-0.25, -0.2) is 0 Å². The molecule has 0 saturated carbocycles. The molecule has 0 radical (unpaired) electrons. The molecular formula is C27H29N3O4S. The van der Waals surface area contributed by atoms with Crippen LogP contribution in [0.3, 0.4) is 0 Å². The number of benzene rings is 3. The Balaban J connectivity index is 1.43. The molecule has 1 unspecified atom stereocenters. The minimum atomic E-state index is -0.771. The number of thiocarbonyl (C=S) groups is 1. The van der Waals surface area contributed by atoms with Crippen molar-refractivity contribution in [3.8, 4) is 11.5 Å². The number of nitrogens with one attached hydrogen (secondary N) is 3. The van der Waals surface area contributed by atoms with Gasteiger partial charge in [0.15, 0.2) is 11.2 Å². The Morgan fingerprint density at radius 2 is 1.66 bits per heavy atom. The van der Waals surface area contributed by atoms with Crippen LogP contribution < -0.4 is 25.6 Å². The second-order valence-electron chi connectivity index (χ2n) is 8.02. The molecule has 8 heteroatoms. The molecule has 0 saturated heterocycles. The van der Waals surface area contributed by atoms with Gasteiger partial charge in [-0.1, -0.05) is 42.5 Å². The lowest BCUT2D eigenvalue weighted by Gasteiger charge is -2.17. The summed E-state index contributed by atoms with van der Waals surface area (Å²) in [6.07, 6.45) is -0.00999. The molecule has 3 aromatic rings. The van der Waals surface area contributed by atoms with Crippen LogP contribution in [0.5, 0.6) is 11.5 Å². The first kappa shape index (κ1) is 25.7. The highest BCUT2D eigenvalue weighted by atomic mass is 32.1. The highest BCUT2D eigenvalue weighted by molar-refractivity contribution is 7.80. The van der Waals surface area contributed by atoms with Crippen molar-refractivity contribution in [2.24, 2.45) is 0 Å². The van der Waals surface area contributed by atoms with E-state index in [0.29, 0.717) is 23.7 Å². The molecule has 2 amide bonds. The van der Waals surface area contributed by atoms with Crippen molar-refractivity contribution in [3.05, 3.63) is 95.1 Å². The largest absolute Gasteiger partial charge is 0.493 e. The van der Waals surface area contributed by atoms with E-state index in [1.165, 1.54) is 5.56 Å². The number of carbonyl (C=O) groups is 2. The highest BCUT2D eigenvalue weighted by Crippen LogP contribution is 2.18. The lowest BCUT2D eigenvalue weighted by molar-refractivity contribution is -0.127. The number of rotatable bonds is 8. The van der Waals surface area contributed by atoms with E-state index in [4.69, 9.17) is 21.7 Å². The van der Waals surface area contributed by atoms with E-state index in [9.17, 15) is 9.59 Å². The molecule has 3 rings (SSSR count). The first-order valence-electron chi connectivity index (χ1n) is 11.2. The molecule has 0 aliphatic heterocycles. The van der Waals surface area contributed by atoms with Crippen LogP contribution in [0.1, 0.15) is 34.0 Å². The summed E-state index contributed by atoms with van der Waals surface area (Å²) in [5.74, 6) is 0.314. The number of amides is 2. The fourth-order valence-corrected chi connectivity index (χ4v) is 3.27. The van der Waals surface area contributed by atoms with E-state index in [-0.39, 0.29) is 5.11 Å². The second-order valence-corrected chi connectivity index (χ2v) is 8.42. The topological polar surface area (TPSA) is 88.7 Å². The number of hydrazine groups is 1. The normalized spacial score (nSPS) is 11.2. The quantitative estimate of drug-likeness (QED) is 0.326. The van der Waals surface area contributed by atoms with E-state index >= 15 is 0 Å². The Bertz CT molecular complexity index is 1180. The molecular weight excluding hydrogens is 462 g/mol.